The fourth-order valence-electron chi connectivity index (χ4n) is 5.53. The zero-order valence-electron chi connectivity index (χ0n) is 26.9. The van der Waals surface area contributed by atoms with Crippen molar-refractivity contribution in [2.75, 3.05) is 9.91 Å². The van der Waals surface area contributed by atoms with Crippen LogP contribution in [-0.2, 0) is 0 Å². The first kappa shape index (κ1) is 30.4. The van der Waals surface area contributed by atoms with E-state index in [1.807, 2.05) is 11.2 Å². The molecule has 0 atom stereocenters. The topological polar surface area (TPSA) is 18.8 Å². The van der Waals surface area contributed by atoms with Crippen molar-refractivity contribution in [3.8, 4) is 0 Å². The van der Waals surface area contributed by atoms with Crippen LogP contribution in [0.5, 0.6) is 0 Å². The SMILES string of the molecule is Cc1cccc(N(N=Cc2ccc(C=Cc3ccc(N(c4cccc(C)c4)c4cccc(C)c4)cc3)cc2)c2cccc(C)c2)c1. The molecule has 0 aliphatic rings. The van der Waals surface area contributed by atoms with Crippen LogP contribution in [0.3, 0.4) is 0 Å². The summed E-state index contributed by atoms with van der Waals surface area (Å²) in [5.41, 5.74) is 13.7. The smallest absolute Gasteiger partial charge is 0.0655 e. The molecule has 0 fully saturated rings. The molecule has 46 heavy (non-hydrogen) atoms. The van der Waals surface area contributed by atoms with E-state index in [1.165, 1.54) is 22.3 Å². The van der Waals surface area contributed by atoms with Crippen molar-refractivity contribution >= 4 is 46.8 Å². The first-order chi connectivity index (χ1) is 22.4. The zero-order chi connectivity index (χ0) is 31.9. The molecule has 0 saturated heterocycles. The van der Waals surface area contributed by atoms with E-state index in [2.05, 4.69) is 190 Å². The lowest BCUT2D eigenvalue weighted by molar-refractivity contribution is 1.09. The predicted octanol–water partition coefficient (Wildman–Crippen LogP) is 11.7. The van der Waals surface area contributed by atoms with E-state index in [4.69, 9.17) is 5.10 Å². The summed E-state index contributed by atoms with van der Waals surface area (Å²) < 4.78 is 0. The molecule has 6 aromatic carbocycles. The Morgan fingerprint density at radius 1 is 0.391 bits per heavy atom. The second-order valence-electron chi connectivity index (χ2n) is 11.8. The highest BCUT2D eigenvalue weighted by molar-refractivity contribution is 5.83. The van der Waals surface area contributed by atoms with E-state index in [0.29, 0.717) is 0 Å². The fourth-order valence-corrected chi connectivity index (χ4v) is 5.53. The number of benzene rings is 6. The Balaban J connectivity index is 1.19. The molecule has 0 aliphatic heterocycles. The highest BCUT2D eigenvalue weighted by Gasteiger charge is 2.13. The molecule has 3 nitrogen and oxygen atoms in total. The molecule has 6 aromatic rings. The summed E-state index contributed by atoms with van der Waals surface area (Å²) in [6, 6.07) is 51.4. The van der Waals surface area contributed by atoms with Gasteiger partial charge in [0.05, 0.1) is 17.6 Å². The summed E-state index contributed by atoms with van der Waals surface area (Å²) in [5, 5.41) is 6.90. The molecule has 0 aliphatic carbocycles. The number of hydrogen-bond acceptors (Lipinski definition) is 3. The minimum absolute atomic E-state index is 1.04. The molecular weight excluding hydrogens is 558 g/mol. The Bertz CT molecular complexity index is 1890. The van der Waals surface area contributed by atoms with Gasteiger partial charge in [-0.15, -0.1) is 0 Å². The molecule has 226 valence electrons. The summed E-state index contributed by atoms with van der Waals surface area (Å²) in [6.07, 6.45) is 6.24. The average Bonchev–Trinajstić information content (AvgIpc) is 3.05. The minimum Gasteiger partial charge on any atom is -0.310 e. The van der Waals surface area contributed by atoms with Gasteiger partial charge in [-0.25, -0.2) is 5.01 Å². The lowest BCUT2D eigenvalue weighted by atomic mass is 10.1. The Morgan fingerprint density at radius 3 is 1.20 bits per heavy atom. The van der Waals surface area contributed by atoms with Gasteiger partial charge in [0.25, 0.3) is 0 Å². The lowest BCUT2D eigenvalue weighted by Gasteiger charge is -2.26. The molecular formula is C43H39N3. The van der Waals surface area contributed by atoms with Gasteiger partial charge in [-0.2, -0.15) is 5.10 Å². The van der Waals surface area contributed by atoms with Crippen molar-refractivity contribution in [2.24, 2.45) is 5.10 Å². The second-order valence-corrected chi connectivity index (χ2v) is 11.8. The Morgan fingerprint density at radius 2 is 0.761 bits per heavy atom. The van der Waals surface area contributed by atoms with Crippen LogP contribution in [0.4, 0.5) is 28.4 Å². The van der Waals surface area contributed by atoms with Gasteiger partial charge in [0.2, 0.25) is 0 Å². The zero-order valence-corrected chi connectivity index (χ0v) is 26.9. The average molecular weight is 598 g/mol. The molecule has 0 aromatic heterocycles. The van der Waals surface area contributed by atoms with Crippen molar-refractivity contribution in [1.82, 2.24) is 0 Å². The molecule has 0 radical (unpaired) electrons. The number of aryl methyl sites for hydroxylation is 4. The van der Waals surface area contributed by atoms with Crippen molar-refractivity contribution < 1.29 is 0 Å². The molecule has 0 saturated carbocycles. The second kappa shape index (κ2) is 14.0. The van der Waals surface area contributed by atoms with Crippen LogP contribution >= 0.6 is 0 Å². The third kappa shape index (κ3) is 7.51. The van der Waals surface area contributed by atoms with Gasteiger partial charge in [-0.05, 0) is 127 Å². The van der Waals surface area contributed by atoms with Gasteiger partial charge in [0.1, 0.15) is 0 Å². The van der Waals surface area contributed by atoms with Crippen molar-refractivity contribution in [2.45, 2.75) is 27.7 Å². The summed E-state index contributed by atoms with van der Waals surface area (Å²) in [4.78, 5) is 2.31. The van der Waals surface area contributed by atoms with E-state index >= 15 is 0 Å². The summed E-state index contributed by atoms with van der Waals surface area (Å²) in [6.45, 7) is 8.48. The van der Waals surface area contributed by atoms with Crippen molar-refractivity contribution in [3.05, 3.63) is 185 Å². The van der Waals surface area contributed by atoms with Crippen LogP contribution < -0.4 is 9.91 Å². The maximum Gasteiger partial charge on any atom is 0.0655 e. The van der Waals surface area contributed by atoms with E-state index < -0.39 is 0 Å². The van der Waals surface area contributed by atoms with E-state index in [1.54, 1.807) is 0 Å². The van der Waals surface area contributed by atoms with Gasteiger partial charge >= 0.3 is 0 Å². The standard InChI is InChI=1S/C43H39N3/c1-32-9-5-13-40(27-32)45(41-14-6-10-33(2)28-41)39-25-23-37(24-26-39)18-17-36-19-21-38(22-20-36)31-44-46(42-15-7-11-34(3)29-42)43-16-8-12-35(4)30-43/h5-31H,1-4H3. The Kier molecular flexibility index (Phi) is 9.22. The third-order valence-corrected chi connectivity index (χ3v) is 7.89. The van der Waals surface area contributed by atoms with Gasteiger partial charge in [-0.1, -0.05) is 97.1 Å². The van der Waals surface area contributed by atoms with Gasteiger partial charge in [-0.3, -0.25) is 0 Å². The molecule has 0 heterocycles. The van der Waals surface area contributed by atoms with Crippen molar-refractivity contribution in [1.29, 1.82) is 0 Å². The summed E-state index contributed by atoms with van der Waals surface area (Å²) >= 11 is 0. The van der Waals surface area contributed by atoms with Crippen LogP contribution in [-0.4, -0.2) is 6.21 Å². The molecule has 0 unspecified atom stereocenters. The summed E-state index contributed by atoms with van der Waals surface area (Å²) in [5.74, 6) is 0. The molecule has 0 N–H and O–H groups in total. The quantitative estimate of drug-likeness (QED) is 0.0938. The van der Waals surface area contributed by atoms with Gasteiger partial charge < -0.3 is 4.90 Å². The van der Waals surface area contributed by atoms with Gasteiger partial charge in [0.15, 0.2) is 0 Å². The van der Waals surface area contributed by atoms with Crippen molar-refractivity contribution in [3.63, 3.8) is 0 Å². The Hall–Kier alpha value is -5.67. The van der Waals surface area contributed by atoms with Crippen LogP contribution in [0.1, 0.15) is 38.9 Å². The molecule has 0 spiro atoms. The monoisotopic (exact) mass is 597 g/mol. The number of rotatable bonds is 9. The normalized spacial score (nSPS) is 11.3. The maximum atomic E-state index is 4.90. The maximum absolute atomic E-state index is 4.90. The predicted molar refractivity (Wildman–Crippen MR) is 198 cm³/mol. The minimum atomic E-state index is 1.04. The third-order valence-electron chi connectivity index (χ3n) is 7.89. The molecule has 3 heteroatoms. The lowest BCUT2D eigenvalue weighted by Crippen LogP contribution is -2.10. The first-order valence-corrected chi connectivity index (χ1v) is 15.7. The van der Waals surface area contributed by atoms with Crippen LogP contribution in [0.15, 0.2) is 151 Å². The van der Waals surface area contributed by atoms with E-state index in [0.717, 1.165) is 45.1 Å². The summed E-state index contributed by atoms with van der Waals surface area (Å²) in [7, 11) is 0. The molecule has 6 rings (SSSR count). The van der Waals surface area contributed by atoms with Crippen LogP contribution in [0.25, 0.3) is 12.2 Å². The highest BCUT2D eigenvalue weighted by Crippen LogP contribution is 2.35. The first-order valence-electron chi connectivity index (χ1n) is 15.7. The van der Waals surface area contributed by atoms with Gasteiger partial charge in [0, 0.05) is 17.1 Å². The largest absolute Gasteiger partial charge is 0.310 e. The van der Waals surface area contributed by atoms with Crippen LogP contribution in [0, 0.1) is 27.7 Å². The molecule has 0 bridgehead atoms. The van der Waals surface area contributed by atoms with E-state index in [9.17, 15) is 0 Å². The highest BCUT2D eigenvalue weighted by atomic mass is 15.5. The number of nitrogens with zero attached hydrogens (tertiary/aromatic N) is 3. The van der Waals surface area contributed by atoms with Crippen LogP contribution in [0.2, 0.25) is 0 Å². The number of hydrazone groups is 1. The van der Waals surface area contributed by atoms with E-state index in [-0.39, 0.29) is 0 Å². The fraction of sp³-hybridized carbons (Fsp3) is 0.0930. The Labute approximate surface area is 273 Å². The number of hydrogen-bond donors (Lipinski definition) is 0. The number of anilines is 5. The molecule has 0 amide bonds.